The van der Waals surface area contributed by atoms with Crippen LogP contribution < -0.4 is 4.74 Å². The molecule has 2 atom stereocenters. The van der Waals surface area contributed by atoms with Crippen LogP contribution in [0.5, 0.6) is 5.75 Å². The van der Waals surface area contributed by atoms with Gasteiger partial charge in [-0.25, -0.2) is 0 Å². The second-order valence-electron chi connectivity index (χ2n) is 6.76. The zero-order valence-electron chi connectivity index (χ0n) is 13.0. The maximum atomic E-state index is 13.1. The fourth-order valence-electron chi connectivity index (χ4n) is 3.46. The number of rotatable bonds is 2. The standard InChI is InChI=1S/C17H21I2NO2/c1-11-5-3-4-6-20(11)9-17(2)10-22-15-13(16(17)21)7-12(18)8-14(15)19/h7-8,11H,3-6,9-10H2,1-2H3/t11-,17-/m1/s1. The highest BCUT2D eigenvalue weighted by Crippen LogP contribution is 2.39. The molecule has 1 aromatic rings. The van der Waals surface area contributed by atoms with Crippen LogP contribution in [0.1, 0.15) is 43.5 Å². The predicted octanol–water partition coefficient (Wildman–Crippen LogP) is 4.35. The van der Waals surface area contributed by atoms with E-state index in [1.807, 2.05) is 6.07 Å². The number of carbonyl (C=O) groups is 1. The Labute approximate surface area is 159 Å². The predicted molar refractivity (Wildman–Crippen MR) is 105 cm³/mol. The molecule has 0 radical (unpaired) electrons. The van der Waals surface area contributed by atoms with Crippen LogP contribution in [0.2, 0.25) is 0 Å². The molecule has 0 aromatic heterocycles. The highest BCUT2D eigenvalue weighted by molar-refractivity contribution is 14.1. The first-order valence-electron chi connectivity index (χ1n) is 7.81. The van der Waals surface area contributed by atoms with Gasteiger partial charge in [-0.15, -0.1) is 0 Å². The maximum Gasteiger partial charge on any atom is 0.177 e. The van der Waals surface area contributed by atoms with Crippen LogP contribution in [0, 0.1) is 12.6 Å². The largest absolute Gasteiger partial charge is 0.491 e. The first kappa shape index (κ1) is 17.0. The Hall–Kier alpha value is 0.110. The SMILES string of the molecule is C[C@@H]1CCCCN1C[C@]1(C)COc2c(I)cc(I)cc2C1=O. The molecule has 0 saturated carbocycles. The molecule has 0 unspecified atom stereocenters. The lowest BCUT2D eigenvalue weighted by Crippen LogP contribution is -2.51. The van der Waals surface area contributed by atoms with E-state index in [2.05, 4.69) is 70.0 Å². The van der Waals surface area contributed by atoms with Crippen molar-refractivity contribution >= 4 is 51.0 Å². The fraction of sp³-hybridized carbons (Fsp3) is 0.588. The van der Waals surface area contributed by atoms with Crippen molar-refractivity contribution in [3.8, 4) is 5.75 Å². The summed E-state index contributed by atoms with van der Waals surface area (Å²) in [5.74, 6) is 1.01. The number of halogens is 2. The number of nitrogens with zero attached hydrogens (tertiary/aromatic N) is 1. The molecule has 1 aromatic carbocycles. The number of ether oxygens (including phenoxy) is 1. The molecule has 0 bridgehead atoms. The summed E-state index contributed by atoms with van der Waals surface area (Å²) in [6, 6.07) is 4.59. The molecule has 0 spiro atoms. The van der Waals surface area contributed by atoms with E-state index in [-0.39, 0.29) is 5.78 Å². The van der Waals surface area contributed by atoms with Gasteiger partial charge in [0.1, 0.15) is 12.4 Å². The van der Waals surface area contributed by atoms with Crippen LogP contribution in [-0.4, -0.2) is 36.4 Å². The Balaban J connectivity index is 1.87. The molecule has 1 saturated heterocycles. The van der Waals surface area contributed by atoms with Crippen LogP contribution >= 0.6 is 45.2 Å². The lowest BCUT2D eigenvalue weighted by molar-refractivity contribution is 0.0401. The third-order valence-electron chi connectivity index (χ3n) is 4.83. The summed E-state index contributed by atoms with van der Waals surface area (Å²) in [4.78, 5) is 15.6. The molecule has 5 heteroatoms. The summed E-state index contributed by atoms with van der Waals surface area (Å²) in [6.45, 7) is 6.72. The molecule has 22 heavy (non-hydrogen) atoms. The molecule has 120 valence electrons. The number of Topliss-reactive ketones (excluding diaryl/α,β-unsaturated/α-hetero) is 1. The van der Waals surface area contributed by atoms with E-state index >= 15 is 0 Å². The number of carbonyl (C=O) groups excluding carboxylic acids is 1. The van der Waals surface area contributed by atoms with E-state index in [9.17, 15) is 4.79 Å². The first-order valence-corrected chi connectivity index (χ1v) is 9.97. The summed E-state index contributed by atoms with van der Waals surface area (Å²) < 4.78 is 8.13. The van der Waals surface area contributed by atoms with Gasteiger partial charge in [0, 0.05) is 16.2 Å². The Morgan fingerprint density at radius 3 is 2.86 bits per heavy atom. The summed E-state index contributed by atoms with van der Waals surface area (Å²) in [7, 11) is 0. The minimum Gasteiger partial charge on any atom is -0.491 e. The topological polar surface area (TPSA) is 29.5 Å². The molecule has 2 heterocycles. The highest BCUT2D eigenvalue weighted by Gasteiger charge is 2.43. The molecule has 3 rings (SSSR count). The number of fused-ring (bicyclic) bond motifs is 1. The zero-order valence-corrected chi connectivity index (χ0v) is 17.3. The number of ketones is 1. The van der Waals surface area contributed by atoms with Crippen molar-refractivity contribution in [2.75, 3.05) is 19.7 Å². The smallest absolute Gasteiger partial charge is 0.177 e. The zero-order chi connectivity index (χ0) is 15.9. The van der Waals surface area contributed by atoms with Gasteiger partial charge in [0.25, 0.3) is 0 Å². The van der Waals surface area contributed by atoms with Gasteiger partial charge >= 0.3 is 0 Å². The minimum atomic E-state index is -0.438. The monoisotopic (exact) mass is 525 g/mol. The Morgan fingerprint density at radius 1 is 1.36 bits per heavy atom. The van der Waals surface area contributed by atoms with E-state index in [0.717, 1.165) is 31.5 Å². The fourth-order valence-corrected chi connectivity index (χ4v) is 5.46. The second-order valence-corrected chi connectivity index (χ2v) is 9.17. The van der Waals surface area contributed by atoms with E-state index in [1.54, 1.807) is 0 Å². The van der Waals surface area contributed by atoms with Crippen LogP contribution in [0.4, 0.5) is 0 Å². The molecule has 0 N–H and O–H groups in total. The Bertz CT molecular complexity index is 605. The van der Waals surface area contributed by atoms with E-state index in [0.29, 0.717) is 12.6 Å². The molecular formula is C17H21I2NO2. The molecule has 3 nitrogen and oxygen atoms in total. The first-order chi connectivity index (χ1) is 10.4. The van der Waals surface area contributed by atoms with Gasteiger partial charge in [0.15, 0.2) is 5.78 Å². The quantitative estimate of drug-likeness (QED) is 0.539. The van der Waals surface area contributed by atoms with Gasteiger partial charge in [-0.05, 0) is 90.5 Å². The van der Waals surface area contributed by atoms with Crippen LogP contribution in [0.15, 0.2) is 12.1 Å². The third-order valence-corrected chi connectivity index (χ3v) is 6.25. The van der Waals surface area contributed by atoms with Crippen molar-refractivity contribution in [1.82, 2.24) is 4.90 Å². The van der Waals surface area contributed by atoms with Gasteiger partial charge in [-0.3, -0.25) is 9.69 Å². The Morgan fingerprint density at radius 2 is 2.14 bits per heavy atom. The van der Waals surface area contributed by atoms with E-state index in [4.69, 9.17) is 4.74 Å². The molecule has 0 aliphatic carbocycles. The lowest BCUT2D eigenvalue weighted by Gasteiger charge is -2.41. The van der Waals surface area contributed by atoms with Crippen molar-refractivity contribution in [2.45, 2.75) is 39.2 Å². The second kappa shape index (κ2) is 6.55. The molecule has 1 fully saturated rings. The van der Waals surface area contributed by atoms with Gasteiger partial charge in [-0.1, -0.05) is 6.42 Å². The van der Waals surface area contributed by atoms with Crippen molar-refractivity contribution in [1.29, 1.82) is 0 Å². The number of piperidine rings is 1. The molecular weight excluding hydrogens is 504 g/mol. The minimum absolute atomic E-state index is 0.239. The number of hydrogen-bond acceptors (Lipinski definition) is 3. The van der Waals surface area contributed by atoms with Crippen molar-refractivity contribution in [3.63, 3.8) is 0 Å². The van der Waals surface area contributed by atoms with Gasteiger partial charge < -0.3 is 4.74 Å². The number of hydrogen-bond donors (Lipinski definition) is 0. The van der Waals surface area contributed by atoms with Crippen molar-refractivity contribution < 1.29 is 9.53 Å². The lowest BCUT2D eigenvalue weighted by atomic mass is 9.79. The highest BCUT2D eigenvalue weighted by atomic mass is 127. The average Bonchev–Trinajstić information content (AvgIpc) is 2.46. The third kappa shape index (κ3) is 3.17. The number of benzene rings is 1. The summed E-state index contributed by atoms with van der Waals surface area (Å²) in [5.41, 5.74) is 0.321. The van der Waals surface area contributed by atoms with Gasteiger partial charge in [0.2, 0.25) is 0 Å². The van der Waals surface area contributed by atoms with Crippen LogP contribution in [0.3, 0.4) is 0 Å². The van der Waals surface area contributed by atoms with Gasteiger partial charge in [-0.2, -0.15) is 0 Å². The van der Waals surface area contributed by atoms with Gasteiger partial charge in [0.05, 0.1) is 14.5 Å². The van der Waals surface area contributed by atoms with Crippen molar-refractivity contribution in [2.24, 2.45) is 5.41 Å². The summed E-state index contributed by atoms with van der Waals surface area (Å²) in [5, 5.41) is 0. The van der Waals surface area contributed by atoms with E-state index < -0.39 is 5.41 Å². The van der Waals surface area contributed by atoms with Crippen LogP contribution in [-0.2, 0) is 0 Å². The van der Waals surface area contributed by atoms with Crippen LogP contribution in [0.25, 0.3) is 0 Å². The molecule has 2 aliphatic heterocycles. The Kier molecular flexibility index (Phi) is 5.04. The maximum absolute atomic E-state index is 13.1. The van der Waals surface area contributed by atoms with E-state index in [1.165, 1.54) is 19.3 Å². The van der Waals surface area contributed by atoms with Crippen molar-refractivity contribution in [3.05, 3.63) is 24.8 Å². The average molecular weight is 525 g/mol. The number of likely N-dealkylation sites (tertiary alicyclic amines) is 1. The molecule has 0 amide bonds. The normalized spacial score (nSPS) is 29.1. The molecule has 2 aliphatic rings. The summed E-state index contributed by atoms with van der Waals surface area (Å²) in [6.07, 6.45) is 3.78. The summed E-state index contributed by atoms with van der Waals surface area (Å²) >= 11 is 4.53.